The van der Waals surface area contributed by atoms with Crippen LogP contribution in [0.3, 0.4) is 0 Å². The smallest absolute Gasteiger partial charge is 0.162 e. The fourth-order valence-corrected chi connectivity index (χ4v) is 4.20. The maximum atomic E-state index is 13.2. The summed E-state index contributed by atoms with van der Waals surface area (Å²) in [5.74, 6) is 0.376. The molecule has 0 amide bonds. The van der Waals surface area contributed by atoms with Crippen molar-refractivity contribution >= 4 is 11.0 Å². The summed E-state index contributed by atoms with van der Waals surface area (Å²) in [5, 5.41) is 0. The second-order valence-corrected chi connectivity index (χ2v) is 7.96. The summed E-state index contributed by atoms with van der Waals surface area (Å²) in [6.45, 7) is 5.60. The van der Waals surface area contributed by atoms with Crippen LogP contribution in [-0.2, 0) is 13.6 Å². The lowest BCUT2D eigenvalue weighted by Crippen LogP contribution is -2.34. The molecule has 1 aliphatic rings. The maximum Gasteiger partial charge on any atom is 0.162 e. The van der Waals surface area contributed by atoms with Crippen LogP contribution in [0.25, 0.3) is 11.0 Å². The minimum atomic E-state index is -0.868. The summed E-state index contributed by atoms with van der Waals surface area (Å²) < 4.78 is 34.0. The van der Waals surface area contributed by atoms with Crippen LogP contribution >= 0.6 is 0 Å². The van der Waals surface area contributed by atoms with Gasteiger partial charge in [-0.05, 0) is 69.0 Å². The molecule has 0 N–H and O–H groups in total. The Morgan fingerprint density at radius 2 is 1.87 bits per heavy atom. The standard InChI is InChI=1S/C23H27F2N3O.CH4/c1-16-4-3-5-21-23(16)27(2)22(26-21)15-28-11-8-17(9-12-28)10-13-29-18-6-7-19(24)20(25)14-18;/h3-7,14,17H,8-13,15H2,1-2H3;1H4. The van der Waals surface area contributed by atoms with Gasteiger partial charge in [0.2, 0.25) is 0 Å². The molecule has 0 spiro atoms. The molecule has 0 aliphatic carbocycles. The van der Waals surface area contributed by atoms with Crippen molar-refractivity contribution in [3.63, 3.8) is 0 Å². The van der Waals surface area contributed by atoms with E-state index in [1.165, 1.54) is 17.1 Å². The number of para-hydroxylation sites is 1. The Balaban J connectivity index is 0.00000256. The number of piperidine rings is 1. The van der Waals surface area contributed by atoms with Gasteiger partial charge in [-0.1, -0.05) is 19.6 Å². The van der Waals surface area contributed by atoms with E-state index in [1.807, 2.05) is 0 Å². The number of aromatic nitrogens is 2. The van der Waals surface area contributed by atoms with Gasteiger partial charge in [-0.3, -0.25) is 4.90 Å². The molecule has 0 atom stereocenters. The van der Waals surface area contributed by atoms with Gasteiger partial charge in [0.1, 0.15) is 11.6 Å². The largest absolute Gasteiger partial charge is 0.493 e. The van der Waals surface area contributed by atoms with E-state index in [0.717, 1.165) is 62.4 Å². The first-order valence-corrected chi connectivity index (χ1v) is 10.2. The van der Waals surface area contributed by atoms with Crippen molar-refractivity contribution in [2.45, 2.75) is 40.2 Å². The zero-order valence-corrected chi connectivity index (χ0v) is 17.0. The number of halogens is 2. The second kappa shape index (κ2) is 9.56. The van der Waals surface area contributed by atoms with Crippen LogP contribution in [0.5, 0.6) is 5.75 Å². The highest BCUT2D eigenvalue weighted by molar-refractivity contribution is 5.79. The molecule has 1 aliphatic heterocycles. The van der Waals surface area contributed by atoms with E-state index < -0.39 is 11.6 Å². The van der Waals surface area contributed by atoms with Crippen LogP contribution in [-0.4, -0.2) is 34.1 Å². The van der Waals surface area contributed by atoms with Gasteiger partial charge in [-0.25, -0.2) is 13.8 Å². The van der Waals surface area contributed by atoms with Crippen molar-refractivity contribution in [3.8, 4) is 5.75 Å². The number of nitrogens with zero attached hydrogens (tertiary/aromatic N) is 3. The molecule has 0 bridgehead atoms. The van der Waals surface area contributed by atoms with Crippen LogP contribution in [0.4, 0.5) is 8.78 Å². The number of aryl methyl sites for hydroxylation is 2. The van der Waals surface area contributed by atoms with E-state index >= 15 is 0 Å². The minimum absolute atomic E-state index is 0. The highest BCUT2D eigenvalue weighted by atomic mass is 19.2. The molecule has 2 heterocycles. The molecule has 4 nitrogen and oxygen atoms in total. The van der Waals surface area contributed by atoms with Crippen molar-refractivity contribution < 1.29 is 13.5 Å². The van der Waals surface area contributed by atoms with E-state index in [0.29, 0.717) is 18.3 Å². The summed E-state index contributed by atoms with van der Waals surface area (Å²) in [7, 11) is 2.10. The zero-order chi connectivity index (χ0) is 20.4. The number of hydrogen-bond acceptors (Lipinski definition) is 3. The molecular formula is C24H31F2N3O. The first kappa shape index (κ1) is 22.2. The Labute approximate surface area is 177 Å². The molecule has 6 heteroatoms. The minimum Gasteiger partial charge on any atom is -0.493 e. The summed E-state index contributed by atoms with van der Waals surface area (Å²) in [6.07, 6.45) is 3.16. The fraction of sp³-hybridized carbons (Fsp3) is 0.458. The van der Waals surface area contributed by atoms with Crippen molar-refractivity contribution in [2.75, 3.05) is 19.7 Å². The summed E-state index contributed by atoms with van der Waals surface area (Å²) in [5.41, 5.74) is 3.53. The Morgan fingerprint density at radius 3 is 2.57 bits per heavy atom. The van der Waals surface area contributed by atoms with Gasteiger partial charge in [0.05, 0.1) is 24.2 Å². The normalized spacial score (nSPS) is 15.3. The monoisotopic (exact) mass is 415 g/mol. The third-order valence-corrected chi connectivity index (χ3v) is 5.95. The molecule has 3 aromatic rings. The SMILES string of the molecule is C.Cc1cccc2nc(CN3CCC(CCOc4ccc(F)c(F)c4)CC3)n(C)c12. The zero-order valence-electron chi connectivity index (χ0n) is 17.0. The molecule has 1 fully saturated rings. The Bertz CT molecular complexity index is 994. The molecule has 0 radical (unpaired) electrons. The molecule has 30 heavy (non-hydrogen) atoms. The van der Waals surface area contributed by atoms with Gasteiger partial charge in [0.15, 0.2) is 11.6 Å². The molecule has 1 aromatic heterocycles. The Kier molecular flexibility index (Phi) is 7.08. The molecule has 2 aromatic carbocycles. The van der Waals surface area contributed by atoms with E-state index in [2.05, 4.69) is 41.6 Å². The van der Waals surface area contributed by atoms with Crippen molar-refractivity contribution in [2.24, 2.45) is 13.0 Å². The summed E-state index contributed by atoms with van der Waals surface area (Å²) in [4.78, 5) is 7.29. The van der Waals surface area contributed by atoms with Crippen LogP contribution in [0, 0.1) is 24.5 Å². The van der Waals surface area contributed by atoms with E-state index in [9.17, 15) is 8.78 Å². The molecule has 162 valence electrons. The van der Waals surface area contributed by atoms with Crippen LogP contribution in [0.1, 0.15) is 38.1 Å². The molecule has 0 saturated carbocycles. The third kappa shape index (κ3) is 4.81. The van der Waals surface area contributed by atoms with E-state index in [4.69, 9.17) is 9.72 Å². The Hall–Kier alpha value is -2.47. The van der Waals surface area contributed by atoms with Crippen molar-refractivity contribution in [1.29, 1.82) is 0 Å². The van der Waals surface area contributed by atoms with E-state index in [1.54, 1.807) is 0 Å². The topological polar surface area (TPSA) is 30.3 Å². The first-order chi connectivity index (χ1) is 14.0. The number of hydrogen-bond donors (Lipinski definition) is 0. The lowest BCUT2D eigenvalue weighted by atomic mass is 9.94. The van der Waals surface area contributed by atoms with Gasteiger partial charge < -0.3 is 9.30 Å². The van der Waals surface area contributed by atoms with Crippen molar-refractivity contribution in [1.82, 2.24) is 14.5 Å². The van der Waals surface area contributed by atoms with Crippen LogP contribution in [0.2, 0.25) is 0 Å². The number of imidazole rings is 1. The summed E-state index contributed by atoms with van der Waals surface area (Å²) in [6, 6.07) is 9.94. The first-order valence-electron chi connectivity index (χ1n) is 10.2. The van der Waals surface area contributed by atoms with E-state index in [-0.39, 0.29) is 7.43 Å². The van der Waals surface area contributed by atoms with Crippen molar-refractivity contribution in [3.05, 3.63) is 59.4 Å². The maximum absolute atomic E-state index is 13.2. The molecule has 4 rings (SSSR count). The number of ether oxygens (including phenoxy) is 1. The number of benzene rings is 2. The van der Waals surface area contributed by atoms with Gasteiger partial charge in [-0.2, -0.15) is 0 Å². The van der Waals surface area contributed by atoms with Gasteiger partial charge >= 0.3 is 0 Å². The third-order valence-electron chi connectivity index (χ3n) is 5.95. The van der Waals surface area contributed by atoms with Crippen LogP contribution < -0.4 is 4.74 Å². The highest BCUT2D eigenvalue weighted by Gasteiger charge is 2.21. The van der Waals surface area contributed by atoms with Gasteiger partial charge in [0, 0.05) is 13.1 Å². The predicted molar refractivity (Wildman–Crippen MR) is 117 cm³/mol. The summed E-state index contributed by atoms with van der Waals surface area (Å²) >= 11 is 0. The lowest BCUT2D eigenvalue weighted by molar-refractivity contribution is 0.154. The number of likely N-dealkylation sites (tertiary alicyclic amines) is 1. The quantitative estimate of drug-likeness (QED) is 0.534. The molecule has 1 saturated heterocycles. The predicted octanol–water partition coefficient (Wildman–Crippen LogP) is 5.48. The highest BCUT2D eigenvalue weighted by Crippen LogP contribution is 2.24. The number of rotatable bonds is 6. The average Bonchev–Trinajstić information content (AvgIpc) is 3.03. The fourth-order valence-electron chi connectivity index (χ4n) is 4.20. The lowest BCUT2D eigenvalue weighted by Gasteiger charge is -2.31. The molecule has 0 unspecified atom stereocenters. The number of fused-ring (bicyclic) bond motifs is 1. The Morgan fingerprint density at radius 1 is 1.10 bits per heavy atom. The van der Waals surface area contributed by atoms with Gasteiger partial charge in [0.25, 0.3) is 0 Å². The van der Waals surface area contributed by atoms with Crippen LogP contribution in [0.15, 0.2) is 36.4 Å². The van der Waals surface area contributed by atoms with Gasteiger partial charge in [-0.15, -0.1) is 0 Å². The second-order valence-electron chi connectivity index (χ2n) is 7.96. The average molecular weight is 416 g/mol. The molecular weight excluding hydrogens is 384 g/mol.